The van der Waals surface area contributed by atoms with Crippen LogP contribution in [0.2, 0.25) is 5.02 Å². The molecule has 1 heterocycles. The molecule has 0 amide bonds. The van der Waals surface area contributed by atoms with Gasteiger partial charge in [-0.2, -0.15) is 0 Å². The number of carbonyl (C=O) groups is 1. The van der Waals surface area contributed by atoms with E-state index in [4.69, 9.17) is 16.3 Å². The third-order valence-corrected chi connectivity index (χ3v) is 4.57. The van der Waals surface area contributed by atoms with Crippen molar-refractivity contribution in [3.8, 4) is 0 Å². The number of ether oxygens (including phenoxy) is 1. The van der Waals surface area contributed by atoms with Crippen LogP contribution in [0.3, 0.4) is 0 Å². The average molecular weight is 389 g/mol. The van der Waals surface area contributed by atoms with E-state index in [-0.39, 0.29) is 5.97 Å². The van der Waals surface area contributed by atoms with E-state index < -0.39 is 6.04 Å². The van der Waals surface area contributed by atoms with Crippen LogP contribution in [0.1, 0.15) is 23.4 Å². The third kappa shape index (κ3) is 4.54. The van der Waals surface area contributed by atoms with E-state index in [0.717, 1.165) is 9.35 Å². The first-order valence-corrected chi connectivity index (χ1v) is 8.54. The molecule has 0 radical (unpaired) electrons. The first kappa shape index (κ1) is 16.5. The molecule has 2 aromatic rings. The molecule has 2 rings (SSSR count). The summed E-state index contributed by atoms with van der Waals surface area (Å²) in [4.78, 5) is 13.4. The fraction of sp³-hybridized carbons (Fsp3) is 0.267. The summed E-state index contributed by atoms with van der Waals surface area (Å²) in [6.45, 7) is 2.71. The molecule has 0 aliphatic heterocycles. The molecule has 0 bridgehead atoms. The van der Waals surface area contributed by atoms with E-state index in [9.17, 15) is 4.79 Å². The van der Waals surface area contributed by atoms with Crippen molar-refractivity contribution < 1.29 is 9.53 Å². The van der Waals surface area contributed by atoms with Crippen molar-refractivity contribution in [2.75, 3.05) is 6.61 Å². The SMILES string of the molecule is CCOC(=O)C(NCc1cccs1)c1cc(Br)ccc1Cl. The maximum absolute atomic E-state index is 12.2. The van der Waals surface area contributed by atoms with Crippen LogP contribution >= 0.6 is 38.9 Å². The largest absolute Gasteiger partial charge is 0.465 e. The molecule has 1 aromatic carbocycles. The molecule has 0 spiro atoms. The van der Waals surface area contributed by atoms with Gasteiger partial charge < -0.3 is 4.74 Å². The second-order valence-electron chi connectivity index (χ2n) is 4.31. The molecule has 0 saturated heterocycles. The predicted octanol–water partition coefficient (Wildman–Crippen LogP) is 4.56. The van der Waals surface area contributed by atoms with Gasteiger partial charge in [0.05, 0.1) is 6.61 Å². The molecule has 1 unspecified atom stereocenters. The lowest BCUT2D eigenvalue weighted by Gasteiger charge is -2.18. The zero-order valence-corrected chi connectivity index (χ0v) is 14.6. The van der Waals surface area contributed by atoms with Crippen molar-refractivity contribution in [3.05, 3.63) is 55.6 Å². The molecular weight excluding hydrogens is 374 g/mol. The highest BCUT2D eigenvalue weighted by atomic mass is 79.9. The minimum absolute atomic E-state index is 0.325. The van der Waals surface area contributed by atoms with Crippen LogP contribution in [0.25, 0.3) is 0 Å². The van der Waals surface area contributed by atoms with Gasteiger partial charge in [-0.25, -0.2) is 4.79 Å². The number of hydrogen-bond donors (Lipinski definition) is 1. The third-order valence-electron chi connectivity index (χ3n) is 2.85. The number of nitrogens with one attached hydrogen (secondary N) is 1. The number of esters is 1. The van der Waals surface area contributed by atoms with Gasteiger partial charge in [-0.3, -0.25) is 5.32 Å². The van der Waals surface area contributed by atoms with Crippen LogP contribution in [0.4, 0.5) is 0 Å². The zero-order valence-electron chi connectivity index (χ0n) is 11.4. The van der Waals surface area contributed by atoms with Gasteiger partial charge in [-0.1, -0.05) is 33.6 Å². The Morgan fingerprint density at radius 3 is 2.95 bits per heavy atom. The van der Waals surface area contributed by atoms with Gasteiger partial charge in [0.2, 0.25) is 0 Å². The molecule has 3 nitrogen and oxygen atoms in total. The second-order valence-corrected chi connectivity index (χ2v) is 6.67. The van der Waals surface area contributed by atoms with Crippen LogP contribution < -0.4 is 5.32 Å². The van der Waals surface area contributed by atoms with Crippen LogP contribution in [-0.2, 0) is 16.1 Å². The van der Waals surface area contributed by atoms with Crippen molar-refractivity contribution in [2.45, 2.75) is 19.5 Å². The average Bonchev–Trinajstić information content (AvgIpc) is 2.96. The Labute approximate surface area is 141 Å². The Balaban J connectivity index is 2.22. The van der Waals surface area contributed by atoms with E-state index in [1.807, 2.05) is 29.6 Å². The van der Waals surface area contributed by atoms with E-state index in [1.165, 1.54) is 0 Å². The van der Waals surface area contributed by atoms with Crippen LogP contribution in [0.5, 0.6) is 0 Å². The van der Waals surface area contributed by atoms with Gasteiger partial charge >= 0.3 is 5.97 Å². The van der Waals surface area contributed by atoms with Gasteiger partial charge in [0, 0.05) is 26.5 Å². The summed E-state index contributed by atoms with van der Waals surface area (Å²) in [5, 5.41) is 5.76. The van der Waals surface area contributed by atoms with Gasteiger partial charge in [0.15, 0.2) is 0 Å². The maximum atomic E-state index is 12.2. The summed E-state index contributed by atoms with van der Waals surface area (Å²) < 4.78 is 6.02. The molecule has 1 aromatic heterocycles. The summed E-state index contributed by atoms with van der Waals surface area (Å²) in [7, 11) is 0. The Kier molecular flexibility index (Phi) is 6.23. The van der Waals surface area contributed by atoms with Gasteiger partial charge in [0.1, 0.15) is 6.04 Å². The highest BCUT2D eigenvalue weighted by Gasteiger charge is 2.24. The molecule has 1 N–H and O–H groups in total. The van der Waals surface area contributed by atoms with Crippen molar-refractivity contribution in [1.82, 2.24) is 5.32 Å². The first-order chi connectivity index (χ1) is 10.1. The van der Waals surface area contributed by atoms with Gasteiger partial charge in [0.25, 0.3) is 0 Å². The molecule has 1 atom stereocenters. The minimum atomic E-state index is -0.586. The van der Waals surface area contributed by atoms with Gasteiger partial charge in [-0.15, -0.1) is 11.3 Å². The molecule has 6 heteroatoms. The number of halogens is 2. The monoisotopic (exact) mass is 387 g/mol. The summed E-state index contributed by atoms with van der Waals surface area (Å²) in [6.07, 6.45) is 0. The Morgan fingerprint density at radius 1 is 1.48 bits per heavy atom. The molecule has 0 saturated carbocycles. The summed E-state index contributed by atoms with van der Waals surface area (Å²) in [6, 6.07) is 8.85. The number of carbonyl (C=O) groups excluding carboxylic acids is 1. The molecule has 21 heavy (non-hydrogen) atoms. The lowest BCUT2D eigenvalue weighted by molar-refractivity contribution is -0.145. The molecular formula is C15H15BrClNO2S. The normalized spacial score (nSPS) is 12.1. The van der Waals surface area contributed by atoms with Crippen molar-refractivity contribution in [3.63, 3.8) is 0 Å². The lowest BCUT2D eigenvalue weighted by atomic mass is 10.1. The lowest BCUT2D eigenvalue weighted by Crippen LogP contribution is -2.30. The zero-order chi connectivity index (χ0) is 15.2. The van der Waals surface area contributed by atoms with Crippen LogP contribution in [-0.4, -0.2) is 12.6 Å². The maximum Gasteiger partial charge on any atom is 0.327 e. The Hall–Kier alpha value is -0.880. The fourth-order valence-electron chi connectivity index (χ4n) is 1.90. The van der Waals surface area contributed by atoms with Crippen LogP contribution in [0.15, 0.2) is 40.2 Å². The van der Waals surface area contributed by atoms with Crippen molar-refractivity contribution in [2.24, 2.45) is 0 Å². The molecule has 0 aliphatic rings. The van der Waals surface area contributed by atoms with Crippen molar-refractivity contribution in [1.29, 1.82) is 0 Å². The molecule has 112 valence electrons. The number of hydrogen-bond acceptors (Lipinski definition) is 4. The summed E-state index contributed by atoms with van der Waals surface area (Å²) in [5.74, 6) is -0.325. The quantitative estimate of drug-likeness (QED) is 0.737. The van der Waals surface area contributed by atoms with E-state index in [2.05, 4.69) is 21.2 Å². The number of thiophene rings is 1. The molecule has 0 fully saturated rings. The van der Waals surface area contributed by atoms with Crippen LogP contribution in [0, 0.1) is 0 Å². The number of rotatable bonds is 6. The first-order valence-electron chi connectivity index (χ1n) is 6.49. The predicted molar refractivity (Wildman–Crippen MR) is 89.7 cm³/mol. The topological polar surface area (TPSA) is 38.3 Å². The van der Waals surface area contributed by atoms with E-state index >= 15 is 0 Å². The Bertz CT molecular complexity index is 604. The highest BCUT2D eigenvalue weighted by molar-refractivity contribution is 9.10. The standard InChI is InChI=1S/C15H15BrClNO2S/c1-2-20-15(19)14(18-9-11-4-3-7-21-11)12-8-10(16)5-6-13(12)17/h3-8,14,18H,2,9H2,1H3. The fourth-order valence-corrected chi connectivity index (χ4v) is 3.16. The second kappa shape index (κ2) is 7.94. The van der Waals surface area contributed by atoms with Crippen molar-refractivity contribution >= 4 is 44.8 Å². The molecule has 0 aliphatic carbocycles. The summed E-state index contributed by atoms with van der Waals surface area (Å²) in [5.41, 5.74) is 0.709. The highest BCUT2D eigenvalue weighted by Crippen LogP contribution is 2.28. The minimum Gasteiger partial charge on any atom is -0.465 e. The van der Waals surface area contributed by atoms with Gasteiger partial charge in [-0.05, 0) is 36.6 Å². The summed E-state index contributed by atoms with van der Waals surface area (Å²) >= 11 is 11.3. The van der Waals surface area contributed by atoms with E-state index in [0.29, 0.717) is 23.7 Å². The number of benzene rings is 1. The van der Waals surface area contributed by atoms with E-state index in [1.54, 1.807) is 24.3 Å². The smallest absolute Gasteiger partial charge is 0.327 e. The Morgan fingerprint density at radius 2 is 2.29 bits per heavy atom.